The van der Waals surface area contributed by atoms with Gasteiger partial charge in [-0.3, -0.25) is 13.9 Å². The minimum Gasteiger partial charge on any atom is -1.00 e. The van der Waals surface area contributed by atoms with E-state index < -0.39 is 10.4 Å². The van der Waals surface area contributed by atoms with Crippen LogP contribution in [0, 0.1) is 0 Å². The van der Waals surface area contributed by atoms with Gasteiger partial charge in [0.1, 0.15) is 0 Å². The second kappa shape index (κ2) is 6.60. The molecule has 0 spiro atoms. The van der Waals surface area contributed by atoms with E-state index in [1.165, 1.54) is 0 Å². The van der Waals surface area contributed by atoms with Gasteiger partial charge < -0.3 is 8.17 Å². The van der Waals surface area contributed by atoms with Gasteiger partial charge in [-0.1, -0.05) is 0 Å². The van der Waals surface area contributed by atoms with Gasteiger partial charge >= 0.3 is 33.5 Å². The molecule has 0 aliphatic carbocycles. The Balaban J connectivity index is -0.0000000597. The van der Waals surface area contributed by atoms with E-state index in [1.54, 1.807) is 0 Å². The van der Waals surface area contributed by atoms with E-state index in [-0.39, 0.29) is 31.8 Å². The molecule has 0 aromatic carbocycles. The standard InChI is InChI=1S/C4H7NO.Mg.H2O4S.2H/c6-4-2-1-3-5-4;;1-5(2,3)4;;/h1-3H2,(H,5,6);;(H2,1,2,3,4);;/q;+2;;2*-1. The topological polar surface area (TPSA) is 104 Å². The Morgan fingerprint density at radius 1 is 1.42 bits per heavy atom. The summed E-state index contributed by atoms with van der Waals surface area (Å²) in [5.41, 5.74) is 0. The van der Waals surface area contributed by atoms with Crippen LogP contribution >= 0.6 is 0 Å². The molecule has 0 aromatic heterocycles. The summed E-state index contributed by atoms with van der Waals surface area (Å²) < 4.78 is 31.6. The fraction of sp³-hybridized carbons (Fsp3) is 0.750. The molecule has 1 heterocycles. The molecule has 0 radical (unpaired) electrons. The SMILES string of the molecule is O=C1CCCN1.O=S(=O)(O)O.[H-].[H-].[Mg+2]. The maximum atomic E-state index is 10.1. The monoisotopic (exact) mass is 209 g/mol. The first-order valence-corrected chi connectivity index (χ1v) is 4.26. The smallest absolute Gasteiger partial charge is 1.00 e. The number of nitrogens with one attached hydrogen (secondary N) is 1. The molecule has 0 saturated carbocycles. The molecule has 0 atom stereocenters. The van der Waals surface area contributed by atoms with Crippen LogP contribution in [0.3, 0.4) is 0 Å². The van der Waals surface area contributed by atoms with Gasteiger partial charge in [-0.15, -0.1) is 0 Å². The summed E-state index contributed by atoms with van der Waals surface area (Å²) in [6.45, 7) is 0.888. The van der Waals surface area contributed by atoms with Crippen molar-refractivity contribution in [3.63, 3.8) is 0 Å². The van der Waals surface area contributed by atoms with Crippen LogP contribution in [0.1, 0.15) is 15.7 Å². The molecule has 8 heteroatoms. The minimum absolute atomic E-state index is 0. The Morgan fingerprint density at radius 3 is 1.92 bits per heavy atom. The van der Waals surface area contributed by atoms with Gasteiger partial charge in [0.05, 0.1) is 0 Å². The van der Waals surface area contributed by atoms with Crippen LogP contribution in [0.25, 0.3) is 0 Å². The van der Waals surface area contributed by atoms with Crippen molar-refractivity contribution in [2.24, 2.45) is 0 Å². The molecule has 70 valence electrons. The quantitative estimate of drug-likeness (QED) is 0.354. The van der Waals surface area contributed by atoms with Crippen LogP contribution in [0.5, 0.6) is 0 Å². The Labute approximate surface area is 89.4 Å². The predicted octanol–water partition coefficient (Wildman–Crippen LogP) is -0.912. The third-order valence-electron chi connectivity index (χ3n) is 0.903. The van der Waals surface area contributed by atoms with Gasteiger partial charge in [-0.25, -0.2) is 0 Å². The third kappa shape index (κ3) is 16.6. The average Bonchev–Trinajstić information content (AvgIpc) is 2.12. The van der Waals surface area contributed by atoms with Crippen LogP contribution < -0.4 is 5.32 Å². The van der Waals surface area contributed by atoms with Crippen molar-refractivity contribution in [3.05, 3.63) is 0 Å². The Bertz CT molecular complexity index is 218. The summed E-state index contributed by atoms with van der Waals surface area (Å²) >= 11 is 0. The number of carbonyl (C=O) groups excluding carboxylic acids is 1. The molecule has 1 amide bonds. The Morgan fingerprint density at radius 2 is 1.83 bits per heavy atom. The van der Waals surface area contributed by atoms with E-state index >= 15 is 0 Å². The summed E-state index contributed by atoms with van der Waals surface area (Å²) in [6.07, 6.45) is 1.76. The van der Waals surface area contributed by atoms with E-state index in [9.17, 15) is 4.79 Å². The van der Waals surface area contributed by atoms with E-state index in [1.807, 2.05) is 0 Å². The van der Waals surface area contributed by atoms with Crippen LogP contribution in [-0.2, 0) is 15.2 Å². The Hall–Kier alpha value is 0.106. The van der Waals surface area contributed by atoms with Crippen LogP contribution in [0.15, 0.2) is 0 Å². The molecule has 1 fully saturated rings. The zero-order chi connectivity index (χ0) is 8.91. The van der Waals surface area contributed by atoms with Gasteiger partial charge in [-0.05, 0) is 6.42 Å². The zero-order valence-electron chi connectivity index (χ0n) is 8.36. The average molecular weight is 210 g/mol. The van der Waals surface area contributed by atoms with Gasteiger partial charge in [0, 0.05) is 13.0 Å². The first-order valence-electron chi connectivity index (χ1n) is 2.86. The first-order chi connectivity index (χ1) is 4.89. The van der Waals surface area contributed by atoms with E-state index in [4.69, 9.17) is 17.5 Å². The second-order valence-corrected chi connectivity index (χ2v) is 2.80. The van der Waals surface area contributed by atoms with Crippen molar-refractivity contribution in [3.8, 4) is 0 Å². The number of hydrogen-bond donors (Lipinski definition) is 3. The van der Waals surface area contributed by atoms with Crippen LogP contribution in [0.4, 0.5) is 0 Å². The number of rotatable bonds is 0. The van der Waals surface area contributed by atoms with Gasteiger partial charge in [0.25, 0.3) is 0 Å². The van der Waals surface area contributed by atoms with Gasteiger partial charge in [0.2, 0.25) is 5.91 Å². The maximum Gasteiger partial charge on any atom is 2.00 e. The molecule has 3 N–H and O–H groups in total. The van der Waals surface area contributed by atoms with E-state index in [0.717, 1.165) is 19.4 Å². The van der Waals surface area contributed by atoms with Crippen molar-refractivity contribution < 1.29 is 25.2 Å². The maximum absolute atomic E-state index is 10.1. The third-order valence-corrected chi connectivity index (χ3v) is 0.903. The van der Waals surface area contributed by atoms with Gasteiger partial charge in [-0.2, -0.15) is 8.42 Å². The second-order valence-electron chi connectivity index (χ2n) is 1.90. The van der Waals surface area contributed by atoms with Crippen molar-refractivity contribution in [1.29, 1.82) is 0 Å². The van der Waals surface area contributed by atoms with Crippen molar-refractivity contribution in [1.82, 2.24) is 5.32 Å². The van der Waals surface area contributed by atoms with Crippen molar-refractivity contribution in [2.75, 3.05) is 6.54 Å². The summed E-state index contributed by atoms with van der Waals surface area (Å²) in [6, 6.07) is 0. The molecule has 1 rings (SSSR count). The number of amides is 1. The summed E-state index contributed by atoms with van der Waals surface area (Å²) in [7, 11) is -4.67. The molecular formula is C4H11MgNO5S. The predicted molar refractivity (Wildman–Crippen MR) is 44.4 cm³/mol. The van der Waals surface area contributed by atoms with Crippen LogP contribution in [-0.4, -0.2) is 53.0 Å². The molecule has 6 nitrogen and oxygen atoms in total. The number of hydrogen-bond acceptors (Lipinski definition) is 3. The van der Waals surface area contributed by atoms with Crippen molar-refractivity contribution >= 4 is 39.4 Å². The van der Waals surface area contributed by atoms with E-state index in [2.05, 4.69) is 5.32 Å². The molecule has 1 saturated heterocycles. The molecule has 1 aliphatic heterocycles. The largest absolute Gasteiger partial charge is 2.00 e. The Kier molecular flexibility index (Phi) is 8.05. The molecule has 0 bridgehead atoms. The molecule has 0 unspecified atom stereocenters. The fourth-order valence-electron chi connectivity index (χ4n) is 0.565. The minimum atomic E-state index is -4.67. The molecule has 12 heavy (non-hydrogen) atoms. The normalized spacial score (nSPS) is 15.3. The summed E-state index contributed by atoms with van der Waals surface area (Å²) in [4.78, 5) is 10.1. The van der Waals surface area contributed by atoms with E-state index in [0.29, 0.717) is 0 Å². The molecular weight excluding hydrogens is 198 g/mol. The first kappa shape index (κ1) is 14.6. The summed E-state index contributed by atoms with van der Waals surface area (Å²) in [5.74, 6) is 0.204. The zero-order valence-corrected chi connectivity index (χ0v) is 8.59. The van der Waals surface area contributed by atoms with Crippen molar-refractivity contribution in [2.45, 2.75) is 12.8 Å². The molecule has 0 aromatic rings. The summed E-state index contributed by atoms with van der Waals surface area (Å²) in [5, 5.41) is 2.68. The fourth-order valence-corrected chi connectivity index (χ4v) is 0.565. The van der Waals surface area contributed by atoms with Gasteiger partial charge in [0.15, 0.2) is 0 Å². The molecule has 1 aliphatic rings. The van der Waals surface area contributed by atoms with Crippen LogP contribution in [0.2, 0.25) is 0 Å². The number of carbonyl (C=O) groups is 1.